The molecule has 1 heterocycles. The monoisotopic (exact) mass is 432 g/mol. The van der Waals surface area contributed by atoms with Gasteiger partial charge in [-0.1, -0.05) is 6.92 Å². The zero-order valence-corrected chi connectivity index (χ0v) is 19.5. The third kappa shape index (κ3) is 4.06. The van der Waals surface area contributed by atoms with Crippen molar-refractivity contribution in [3.05, 3.63) is 35.4 Å². The summed E-state index contributed by atoms with van der Waals surface area (Å²) in [6.07, 6.45) is -0.266. The maximum absolute atomic E-state index is 6.47. The first-order valence-corrected chi connectivity index (χ1v) is 10.2. The Labute approximate surface area is 184 Å². The van der Waals surface area contributed by atoms with Crippen molar-refractivity contribution in [3.8, 4) is 34.5 Å². The van der Waals surface area contributed by atoms with Crippen LogP contribution in [0, 0.1) is 5.92 Å². The molecule has 0 unspecified atom stereocenters. The summed E-state index contributed by atoms with van der Waals surface area (Å²) in [6, 6.07) is 7.60. The van der Waals surface area contributed by atoms with E-state index in [0.717, 1.165) is 16.9 Å². The molecule has 2 aromatic carbocycles. The Hall–Kier alpha value is -2.80. The lowest BCUT2D eigenvalue weighted by molar-refractivity contribution is 0.0415. The van der Waals surface area contributed by atoms with E-state index in [1.807, 2.05) is 24.3 Å². The van der Waals surface area contributed by atoms with Crippen molar-refractivity contribution < 1.29 is 33.2 Å². The van der Waals surface area contributed by atoms with E-state index in [4.69, 9.17) is 33.2 Å². The lowest BCUT2D eigenvalue weighted by Crippen LogP contribution is -2.16. The molecule has 1 aliphatic rings. The molecule has 4 atom stereocenters. The Kier molecular flexibility index (Phi) is 7.05. The average Bonchev–Trinajstić information content (AvgIpc) is 3.10. The molecule has 170 valence electrons. The Bertz CT molecular complexity index is 911. The lowest BCUT2D eigenvalue weighted by Gasteiger charge is -2.24. The van der Waals surface area contributed by atoms with Gasteiger partial charge < -0.3 is 33.2 Å². The number of rotatable bonds is 8. The van der Waals surface area contributed by atoms with Gasteiger partial charge in [-0.15, -0.1) is 0 Å². The van der Waals surface area contributed by atoms with E-state index in [1.165, 1.54) is 0 Å². The molecule has 7 heteroatoms. The van der Waals surface area contributed by atoms with Crippen molar-refractivity contribution in [2.24, 2.45) is 5.92 Å². The maximum atomic E-state index is 6.47. The molecule has 1 aliphatic heterocycles. The van der Waals surface area contributed by atoms with Crippen LogP contribution in [0.1, 0.15) is 37.0 Å². The van der Waals surface area contributed by atoms with Gasteiger partial charge in [0.25, 0.3) is 0 Å². The Morgan fingerprint density at radius 2 is 0.935 bits per heavy atom. The fourth-order valence-corrected chi connectivity index (χ4v) is 4.54. The molecule has 1 fully saturated rings. The van der Waals surface area contributed by atoms with Crippen molar-refractivity contribution in [1.82, 2.24) is 0 Å². The molecule has 0 saturated carbocycles. The summed E-state index contributed by atoms with van der Waals surface area (Å²) in [6.45, 7) is 4.25. The number of benzene rings is 2. The molecule has 0 amide bonds. The van der Waals surface area contributed by atoms with Crippen LogP contribution in [0.4, 0.5) is 0 Å². The molecule has 0 bridgehead atoms. The van der Waals surface area contributed by atoms with Gasteiger partial charge in [0.2, 0.25) is 0 Å². The summed E-state index contributed by atoms with van der Waals surface area (Å²) in [5.41, 5.74) is 1.93. The van der Waals surface area contributed by atoms with E-state index in [9.17, 15) is 0 Å². The largest absolute Gasteiger partial charge is 0.496 e. The highest BCUT2D eigenvalue weighted by atomic mass is 16.5. The molecule has 0 spiro atoms. The molecular formula is C24H32O7. The Morgan fingerprint density at radius 1 is 0.548 bits per heavy atom. The van der Waals surface area contributed by atoms with E-state index in [1.54, 1.807) is 42.7 Å². The van der Waals surface area contributed by atoms with Crippen molar-refractivity contribution in [1.29, 1.82) is 0 Å². The molecule has 31 heavy (non-hydrogen) atoms. The average molecular weight is 433 g/mol. The third-order valence-electron chi connectivity index (χ3n) is 6.05. The van der Waals surface area contributed by atoms with Gasteiger partial charge >= 0.3 is 0 Å². The van der Waals surface area contributed by atoms with Crippen molar-refractivity contribution in [3.63, 3.8) is 0 Å². The van der Waals surface area contributed by atoms with Gasteiger partial charge in [-0.3, -0.25) is 0 Å². The van der Waals surface area contributed by atoms with Gasteiger partial charge in [-0.2, -0.15) is 0 Å². The highest BCUT2D eigenvalue weighted by Crippen LogP contribution is 2.53. The molecule has 3 rings (SSSR count). The fraction of sp³-hybridized carbons (Fsp3) is 0.500. The first kappa shape index (κ1) is 22.9. The first-order chi connectivity index (χ1) is 14.9. The van der Waals surface area contributed by atoms with Gasteiger partial charge in [0.15, 0.2) is 23.0 Å². The summed E-state index contributed by atoms with van der Waals surface area (Å²) in [5, 5.41) is 0. The summed E-state index contributed by atoms with van der Waals surface area (Å²) in [4.78, 5) is 0. The second-order valence-corrected chi connectivity index (χ2v) is 7.54. The molecule has 1 saturated heterocycles. The molecule has 2 aromatic rings. The predicted molar refractivity (Wildman–Crippen MR) is 117 cm³/mol. The van der Waals surface area contributed by atoms with E-state index in [2.05, 4.69) is 13.8 Å². The van der Waals surface area contributed by atoms with Crippen LogP contribution >= 0.6 is 0 Å². The summed E-state index contributed by atoms with van der Waals surface area (Å²) in [5.74, 6) is 4.15. The smallest absolute Gasteiger partial charge is 0.164 e. The van der Waals surface area contributed by atoms with E-state index < -0.39 is 0 Å². The van der Waals surface area contributed by atoms with Crippen LogP contribution < -0.4 is 28.4 Å². The van der Waals surface area contributed by atoms with E-state index in [-0.39, 0.29) is 24.0 Å². The minimum absolute atomic E-state index is 0.0650. The summed E-state index contributed by atoms with van der Waals surface area (Å²) >= 11 is 0. The van der Waals surface area contributed by atoms with Crippen molar-refractivity contribution in [2.45, 2.75) is 32.0 Å². The fourth-order valence-electron chi connectivity index (χ4n) is 4.54. The SMILES string of the molecule is COc1cc(OC)c([C@@H]2[C@@H](C)[C@H](c3cc(OC)c(OC)cc3OC)O[C@H]2C)cc1OC. The van der Waals surface area contributed by atoms with Crippen molar-refractivity contribution in [2.75, 3.05) is 42.7 Å². The summed E-state index contributed by atoms with van der Waals surface area (Å²) in [7, 11) is 9.76. The Morgan fingerprint density at radius 3 is 1.39 bits per heavy atom. The zero-order valence-electron chi connectivity index (χ0n) is 19.5. The first-order valence-electron chi connectivity index (χ1n) is 10.2. The predicted octanol–water partition coefficient (Wildman–Crippen LogP) is 4.62. The highest BCUT2D eigenvalue weighted by Gasteiger charge is 2.44. The second kappa shape index (κ2) is 9.56. The third-order valence-corrected chi connectivity index (χ3v) is 6.05. The molecule has 7 nitrogen and oxygen atoms in total. The standard InChI is InChI=1S/C24H32O7/c1-13-23(15-9-19(27-5)21(29-7)11-17(15)25-3)14(2)31-24(13)16-10-20(28-6)22(30-8)12-18(16)26-4/h9-14,23-24H,1-8H3/t13-,14+,23-,24-/m1/s1. The minimum atomic E-state index is -0.201. The molecule has 0 radical (unpaired) electrons. The van der Waals surface area contributed by atoms with Crippen molar-refractivity contribution >= 4 is 0 Å². The van der Waals surface area contributed by atoms with Gasteiger partial charge in [0.05, 0.1) is 54.9 Å². The number of hydrogen-bond donors (Lipinski definition) is 0. The molecular weight excluding hydrogens is 400 g/mol. The molecule has 0 N–H and O–H groups in total. The van der Waals surface area contributed by atoms with Crippen LogP contribution in [0.5, 0.6) is 34.5 Å². The number of ether oxygens (including phenoxy) is 7. The second-order valence-electron chi connectivity index (χ2n) is 7.54. The minimum Gasteiger partial charge on any atom is -0.496 e. The van der Waals surface area contributed by atoms with Gasteiger partial charge in [0, 0.05) is 29.2 Å². The quantitative estimate of drug-likeness (QED) is 0.603. The van der Waals surface area contributed by atoms with Crippen LogP contribution in [-0.2, 0) is 4.74 Å². The van der Waals surface area contributed by atoms with Crippen LogP contribution in [0.25, 0.3) is 0 Å². The number of methoxy groups -OCH3 is 6. The molecule has 0 aliphatic carbocycles. The van der Waals surface area contributed by atoms with Crippen LogP contribution in [-0.4, -0.2) is 48.8 Å². The lowest BCUT2D eigenvalue weighted by atomic mass is 9.81. The zero-order chi connectivity index (χ0) is 22.7. The highest BCUT2D eigenvalue weighted by molar-refractivity contribution is 5.54. The summed E-state index contributed by atoms with van der Waals surface area (Å²) < 4.78 is 39.7. The van der Waals surface area contributed by atoms with Crippen LogP contribution in [0.3, 0.4) is 0 Å². The maximum Gasteiger partial charge on any atom is 0.164 e. The number of hydrogen-bond acceptors (Lipinski definition) is 7. The van der Waals surface area contributed by atoms with Gasteiger partial charge in [-0.25, -0.2) is 0 Å². The van der Waals surface area contributed by atoms with Gasteiger partial charge in [-0.05, 0) is 25.0 Å². The van der Waals surface area contributed by atoms with E-state index >= 15 is 0 Å². The normalized spacial score (nSPS) is 22.7. The van der Waals surface area contributed by atoms with Crippen LogP contribution in [0.2, 0.25) is 0 Å². The van der Waals surface area contributed by atoms with E-state index in [0.29, 0.717) is 28.7 Å². The Balaban J connectivity index is 2.06. The molecule has 0 aromatic heterocycles. The topological polar surface area (TPSA) is 64.6 Å². The van der Waals surface area contributed by atoms with Gasteiger partial charge in [0.1, 0.15) is 11.5 Å². The van der Waals surface area contributed by atoms with Crippen LogP contribution in [0.15, 0.2) is 24.3 Å².